The number of aliphatic hydroxyl groups excluding tert-OH is 1. The molecule has 14 heavy (non-hydrogen) atoms. The first-order chi connectivity index (χ1) is 6.77. The fourth-order valence-corrected chi connectivity index (χ4v) is 2.68. The summed E-state index contributed by atoms with van der Waals surface area (Å²) in [6, 6.07) is 0.697. The van der Waals surface area contributed by atoms with E-state index in [1.165, 1.54) is 19.3 Å². The van der Waals surface area contributed by atoms with Crippen LogP contribution in [0, 0.1) is 11.8 Å². The van der Waals surface area contributed by atoms with Gasteiger partial charge in [-0.2, -0.15) is 0 Å². The number of aliphatic hydroxyl groups is 1. The molecule has 0 bridgehead atoms. The minimum atomic E-state index is -0.140. The van der Waals surface area contributed by atoms with E-state index in [4.69, 9.17) is 0 Å². The zero-order valence-corrected chi connectivity index (χ0v) is 9.00. The van der Waals surface area contributed by atoms with Gasteiger partial charge in [0.25, 0.3) is 0 Å². The summed E-state index contributed by atoms with van der Waals surface area (Å²) < 4.78 is 0. The van der Waals surface area contributed by atoms with Crippen LogP contribution in [0.2, 0.25) is 0 Å². The quantitative estimate of drug-likeness (QED) is 0.613. The van der Waals surface area contributed by atoms with Crippen LogP contribution in [-0.2, 0) is 0 Å². The lowest BCUT2D eigenvalue weighted by Gasteiger charge is -2.21. The summed E-state index contributed by atoms with van der Waals surface area (Å²) in [6.07, 6.45) is 3.91. The molecule has 4 unspecified atom stereocenters. The average Bonchev–Trinajstić information content (AvgIpc) is 2.72. The highest BCUT2D eigenvalue weighted by molar-refractivity contribution is 4.86. The maximum Gasteiger partial charge on any atom is 0.0716 e. The number of hydrogen-bond acceptors (Lipinski definition) is 3. The van der Waals surface area contributed by atoms with Crippen LogP contribution in [-0.4, -0.2) is 36.9 Å². The van der Waals surface area contributed by atoms with Crippen molar-refractivity contribution in [3.8, 4) is 0 Å². The van der Waals surface area contributed by atoms with Crippen LogP contribution in [0.3, 0.4) is 0 Å². The third kappa shape index (κ3) is 2.27. The first kappa shape index (κ1) is 10.4. The van der Waals surface area contributed by atoms with E-state index in [2.05, 4.69) is 17.6 Å². The van der Waals surface area contributed by atoms with Gasteiger partial charge in [-0.3, -0.25) is 0 Å². The van der Waals surface area contributed by atoms with E-state index in [-0.39, 0.29) is 6.10 Å². The Morgan fingerprint density at radius 3 is 2.79 bits per heavy atom. The highest BCUT2D eigenvalue weighted by Gasteiger charge is 2.28. The molecule has 1 aliphatic carbocycles. The fourth-order valence-electron chi connectivity index (χ4n) is 2.68. The van der Waals surface area contributed by atoms with Crippen molar-refractivity contribution < 1.29 is 5.11 Å². The summed E-state index contributed by atoms with van der Waals surface area (Å²) in [4.78, 5) is 0. The first-order valence-corrected chi connectivity index (χ1v) is 5.89. The van der Waals surface area contributed by atoms with Gasteiger partial charge in [-0.05, 0) is 18.8 Å². The second-order valence-electron chi connectivity index (χ2n) is 4.91. The van der Waals surface area contributed by atoms with Crippen LogP contribution >= 0.6 is 0 Å². The van der Waals surface area contributed by atoms with Gasteiger partial charge in [0.05, 0.1) is 6.10 Å². The molecule has 1 saturated carbocycles. The predicted molar refractivity (Wildman–Crippen MR) is 57.2 cm³/mol. The highest BCUT2D eigenvalue weighted by Crippen LogP contribution is 2.25. The molecule has 0 amide bonds. The molecule has 1 heterocycles. The normalized spacial score (nSPS) is 43.3. The second-order valence-corrected chi connectivity index (χ2v) is 4.91. The lowest BCUT2D eigenvalue weighted by Crippen LogP contribution is -2.38. The molecule has 1 aliphatic heterocycles. The maximum absolute atomic E-state index is 9.63. The van der Waals surface area contributed by atoms with Crippen molar-refractivity contribution in [3.63, 3.8) is 0 Å². The van der Waals surface area contributed by atoms with E-state index >= 15 is 0 Å². The minimum absolute atomic E-state index is 0.140. The molecule has 3 N–H and O–H groups in total. The molecular weight excluding hydrogens is 176 g/mol. The summed E-state index contributed by atoms with van der Waals surface area (Å²) in [7, 11) is 0. The topological polar surface area (TPSA) is 44.3 Å². The van der Waals surface area contributed by atoms with Crippen molar-refractivity contribution in [2.24, 2.45) is 11.8 Å². The van der Waals surface area contributed by atoms with E-state index < -0.39 is 0 Å². The van der Waals surface area contributed by atoms with Gasteiger partial charge in [0.1, 0.15) is 0 Å². The van der Waals surface area contributed by atoms with Crippen molar-refractivity contribution in [2.45, 2.75) is 38.3 Å². The zero-order valence-electron chi connectivity index (χ0n) is 9.00. The summed E-state index contributed by atoms with van der Waals surface area (Å²) >= 11 is 0. The van der Waals surface area contributed by atoms with E-state index in [0.29, 0.717) is 12.0 Å². The lowest BCUT2D eigenvalue weighted by molar-refractivity contribution is 0.143. The van der Waals surface area contributed by atoms with Gasteiger partial charge < -0.3 is 15.7 Å². The summed E-state index contributed by atoms with van der Waals surface area (Å²) in [5.41, 5.74) is 0. The number of hydrogen-bond donors (Lipinski definition) is 3. The second kappa shape index (κ2) is 4.60. The van der Waals surface area contributed by atoms with Crippen LogP contribution in [0.25, 0.3) is 0 Å². The molecule has 0 aromatic heterocycles. The van der Waals surface area contributed by atoms with Crippen molar-refractivity contribution >= 4 is 0 Å². The Hall–Kier alpha value is -0.120. The summed E-state index contributed by atoms with van der Waals surface area (Å²) in [5.74, 6) is 1.24. The maximum atomic E-state index is 9.63. The summed E-state index contributed by atoms with van der Waals surface area (Å²) in [6.45, 7) is 5.04. The molecule has 0 radical (unpaired) electrons. The van der Waals surface area contributed by atoms with Crippen molar-refractivity contribution in [1.29, 1.82) is 0 Å². The van der Waals surface area contributed by atoms with Gasteiger partial charge in [0.15, 0.2) is 0 Å². The molecule has 3 nitrogen and oxygen atoms in total. The molecule has 0 aromatic carbocycles. The lowest BCUT2D eigenvalue weighted by atomic mass is 10.0. The SMILES string of the molecule is CC1CCCC1NCC1CNCC1O. The van der Waals surface area contributed by atoms with Crippen LogP contribution in [0.5, 0.6) is 0 Å². The number of nitrogens with one attached hydrogen (secondary N) is 2. The Morgan fingerprint density at radius 2 is 2.21 bits per heavy atom. The third-order valence-corrected chi connectivity index (χ3v) is 3.81. The highest BCUT2D eigenvalue weighted by atomic mass is 16.3. The molecule has 1 saturated heterocycles. The third-order valence-electron chi connectivity index (χ3n) is 3.81. The first-order valence-electron chi connectivity index (χ1n) is 5.89. The fraction of sp³-hybridized carbons (Fsp3) is 1.00. The molecule has 0 aromatic rings. The van der Waals surface area contributed by atoms with Gasteiger partial charge in [0.2, 0.25) is 0 Å². The molecule has 0 spiro atoms. The Bertz CT molecular complexity index is 166. The van der Waals surface area contributed by atoms with Gasteiger partial charge in [-0.15, -0.1) is 0 Å². The van der Waals surface area contributed by atoms with E-state index in [9.17, 15) is 5.11 Å². The predicted octanol–water partition coefficient (Wildman–Crippen LogP) is 0.345. The monoisotopic (exact) mass is 198 g/mol. The number of rotatable bonds is 3. The summed E-state index contributed by atoms with van der Waals surface area (Å²) in [5, 5.41) is 16.4. The Morgan fingerprint density at radius 1 is 1.36 bits per heavy atom. The number of β-amino-alcohol motifs (C(OH)–C–C–N with tert-alkyl or cyclic N) is 1. The molecule has 82 valence electrons. The Kier molecular flexibility index (Phi) is 3.42. The Labute approximate surface area is 86.3 Å². The molecule has 2 aliphatic rings. The van der Waals surface area contributed by atoms with Gasteiger partial charge in [-0.1, -0.05) is 13.3 Å². The van der Waals surface area contributed by atoms with Gasteiger partial charge in [-0.25, -0.2) is 0 Å². The van der Waals surface area contributed by atoms with Gasteiger partial charge in [0, 0.05) is 31.6 Å². The van der Waals surface area contributed by atoms with Crippen LogP contribution < -0.4 is 10.6 Å². The van der Waals surface area contributed by atoms with E-state index in [1.807, 2.05) is 0 Å². The molecular formula is C11H22N2O. The van der Waals surface area contributed by atoms with Crippen molar-refractivity contribution in [2.75, 3.05) is 19.6 Å². The smallest absolute Gasteiger partial charge is 0.0716 e. The zero-order chi connectivity index (χ0) is 9.97. The molecule has 3 heteroatoms. The molecule has 2 rings (SSSR count). The van der Waals surface area contributed by atoms with Crippen molar-refractivity contribution in [1.82, 2.24) is 10.6 Å². The molecule has 2 fully saturated rings. The molecule has 4 atom stereocenters. The van der Waals surface area contributed by atoms with Crippen molar-refractivity contribution in [3.05, 3.63) is 0 Å². The largest absolute Gasteiger partial charge is 0.391 e. The standard InChI is InChI=1S/C11H22N2O/c1-8-3-2-4-10(8)13-6-9-5-12-7-11(9)14/h8-14H,2-7H2,1H3. The van der Waals surface area contributed by atoms with Gasteiger partial charge >= 0.3 is 0 Å². The van der Waals surface area contributed by atoms with E-state index in [0.717, 1.165) is 25.6 Å². The van der Waals surface area contributed by atoms with E-state index in [1.54, 1.807) is 0 Å². The van der Waals surface area contributed by atoms with Crippen LogP contribution in [0.4, 0.5) is 0 Å². The van der Waals surface area contributed by atoms with Crippen LogP contribution in [0.1, 0.15) is 26.2 Å². The Balaban J connectivity index is 1.71. The average molecular weight is 198 g/mol. The van der Waals surface area contributed by atoms with Crippen LogP contribution in [0.15, 0.2) is 0 Å². The minimum Gasteiger partial charge on any atom is -0.391 e.